The fourth-order valence-electron chi connectivity index (χ4n) is 1.21. The van der Waals surface area contributed by atoms with Gasteiger partial charge in [0.1, 0.15) is 12.2 Å². The van der Waals surface area contributed by atoms with E-state index >= 15 is 0 Å². The zero-order valence-electron chi connectivity index (χ0n) is 11.1. The van der Waals surface area contributed by atoms with Gasteiger partial charge in [0.05, 0.1) is 12.6 Å². The number of carbonyl (C=O) groups excluding carboxylic acids is 2. The molecule has 1 aromatic rings. The van der Waals surface area contributed by atoms with E-state index in [0.29, 0.717) is 5.82 Å². The minimum absolute atomic E-state index is 0.0470. The van der Waals surface area contributed by atoms with Crippen LogP contribution in [0.4, 0.5) is 0 Å². The van der Waals surface area contributed by atoms with Gasteiger partial charge in [-0.05, 0) is 6.92 Å². The van der Waals surface area contributed by atoms with E-state index in [2.05, 4.69) is 25.8 Å². The van der Waals surface area contributed by atoms with E-state index in [4.69, 9.17) is 0 Å². The summed E-state index contributed by atoms with van der Waals surface area (Å²) in [5, 5.41) is 11.6. The van der Waals surface area contributed by atoms with Gasteiger partial charge in [-0.15, -0.1) is 0 Å². The fourth-order valence-corrected chi connectivity index (χ4v) is 1.21. The van der Waals surface area contributed by atoms with Crippen LogP contribution >= 0.6 is 0 Å². The molecule has 0 saturated heterocycles. The van der Waals surface area contributed by atoms with E-state index in [0.717, 1.165) is 0 Å². The van der Waals surface area contributed by atoms with Gasteiger partial charge in [-0.3, -0.25) is 14.7 Å². The molecular weight excluding hydrogens is 234 g/mol. The van der Waals surface area contributed by atoms with Gasteiger partial charge in [0.25, 0.3) is 0 Å². The number of H-pyrrole nitrogens is 1. The summed E-state index contributed by atoms with van der Waals surface area (Å²) < 4.78 is 0. The Hall–Kier alpha value is -1.92. The van der Waals surface area contributed by atoms with Crippen LogP contribution in [0.5, 0.6) is 0 Å². The first kappa shape index (κ1) is 14.1. The predicted octanol–water partition coefficient (Wildman–Crippen LogP) is 0.144. The second-order valence-electron chi connectivity index (χ2n) is 5.09. The van der Waals surface area contributed by atoms with Crippen LogP contribution in [0.3, 0.4) is 0 Å². The number of nitrogens with zero attached hydrogens (tertiary/aromatic N) is 2. The summed E-state index contributed by atoms with van der Waals surface area (Å²) in [4.78, 5) is 27.1. The summed E-state index contributed by atoms with van der Waals surface area (Å²) in [6.07, 6.45) is 1.37. The van der Waals surface area contributed by atoms with Crippen molar-refractivity contribution in [3.63, 3.8) is 0 Å². The second kappa shape index (κ2) is 5.61. The average molecular weight is 253 g/mol. The Bertz CT molecular complexity index is 408. The molecule has 0 aromatic carbocycles. The van der Waals surface area contributed by atoms with Crippen molar-refractivity contribution < 1.29 is 9.59 Å². The lowest BCUT2D eigenvalue weighted by atomic mass is 9.96. The lowest BCUT2D eigenvalue weighted by Crippen LogP contribution is -2.42. The predicted molar refractivity (Wildman–Crippen MR) is 65.4 cm³/mol. The third kappa shape index (κ3) is 4.15. The molecule has 18 heavy (non-hydrogen) atoms. The molecule has 1 aromatic heterocycles. The van der Waals surface area contributed by atoms with Crippen molar-refractivity contribution in [1.29, 1.82) is 0 Å². The number of rotatable bonds is 4. The van der Waals surface area contributed by atoms with E-state index in [1.54, 1.807) is 27.7 Å². The normalized spacial score (nSPS) is 12.9. The van der Waals surface area contributed by atoms with E-state index in [-0.39, 0.29) is 24.4 Å². The van der Waals surface area contributed by atoms with Crippen LogP contribution in [0, 0.1) is 5.41 Å². The van der Waals surface area contributed by atoms with Crippen LogP contribution < -0.4 is 10.6 Å². The number of aromatic nitrogens is 3. The Morgan fingerprint density at radius 2 is 2.11 bits per heavy atom. The lowest BCUT2D eigenvalue weighted by Gasteiger charge is -2.18. The van der Waals surface area contributed by atoms with Gasteiger partial charge in [0.2, 0.25) is 11.8 Å². The summed E-state index contributed by atoms with van der Waals surface area (Å²) in [7, 11) is 0. The maximum absolute atomic E-state index is 11.6. The Kier molecular flexibility index (Phi) is 4.41. The number of carbonyl (C=O) groups is 2. The van der Waals surface area contributed by atoms with Crippen molar-refractivity contribution in [3.05, 3.63) is 12.2 Å². The van der Waals surface area contributed by atoms with E-state index < -0.39 is 5.41 Å². The van der Waals surface area contributed by atoms with Crippen LogP contribution in [-0.2, 0) is 9.59 Å². The molecule has 1 unspecified atom stereocenters. The monoisotopic (exact) mass is 253 g/mol. The van der Waals surface area contributed by atoms with Gasteiger partial charge in [0.15, 0.2) is 0 Å². The van der Waals surface area contributed by atoms with Crippen LogP contribution in [0.25, 0.3) is 0 Å². The van der Waals surface area contributed by atoms with Crippen molar-refractivity contribution in [2.24, 2.45) is 5.41 Å². The summed E-state index contributed by atoms with van der Waals surface area (Å²) in [6, 6.07) is -0.272. The molecule has 0 saturated carbocycles. The highest BCUT2D eigenvalue weighted by atomic mass is 16.2. The first-order valence-corrected chi connectivity index (χ1v) is 5.73. The molecule has 0 aliphatic carbocycles. The molecule has 1 rings (SSSR count). The smallest absolute Gasteiger partial charge is 0.239 e. The number of hydrogen-bond donors (Lipinski definition) is 3. The second-order valence-corrected chi connectivity index (χ2v) is 5.09. The molecule has 3 N–H and O–H groups in total. The molecule has 1 heterocycles. The molecule has 7 heteroatoms. The van der Waals surface area contributed by atoms with Crippen molar-refractivity contribution in [3.8, 4) is 0 Å². The molecule has 0 bridgehead atoms. The molecule has 0 aliphatic heterocycles. The standard InChI is InChI=1S/C11H19N5O2/c1-7(9-13-6-14-16-9)15-8(17)5-12-10(18)11(2,3)4/h6-7H,5H2,1-4H3,(H,12,18)(H,15,17)(H,13,14,16). The summed E-state index contributed by atoms with van der Waals surface area (Å²) in [6.45, 7) is 7.10. The molecule has 0 spiro atoms. The molecule has 1 atom stereocenters. The molecule has 100 valence electrons. The molecule has 2 amide bonds. The van der Waals surface area contributed by atoms with Gasteiger partial charge in [-0.1, -0.05) is 20.8 Å². The summed E-state index contributed by atoms with van der Waals surface area (Å²) >= 11 is 0. The highest BCUT2D eigenvalue weighted by molar-refractivity contribution is 5.87. The van der Waals surface area contributed by atoms with E-state index in [1.165, 1.54) is 6.33 Å². The maximum atomic E-state index is 11.6. The van der Waals surface area contributed by atoms with Gasteiger partial charge >= 0.3 is 0 Å². The average Bonchev–Trinajstić information content (AvgIpc) is 2.77. The van der Waals surface area contributed by atoms with Crippen LogP contribution in [0.1, 0.15) is 39.6 Å². The van der Waals surface area contributed by atoms with Crippen LogP contribution in [0.15, 0.2) is 6.33 Å². The van der Waals surface area contributed by atoms with Crippen molar-refractivity contribution in [2.45, 2.75) is 33.7 Å². The van der Waals surface area contributed by atoms with Gasteiger partial charge in [-0.25, -0.2) is 4.98 Å². The van der Waals surface area contributed by atoms with Crippen LogP contribution in [-0.4, -0.2) is 33.5 Å². The molecule has 0 fully saturated rings. The Morgan fingerprint density at radius 3 is 2.61 bits per heavy atom. The topological polar surface area (TPSA) is 99.8 Å². The number of aromatic amines is 1. The minimum Gasteiger partial charge on any atom is -0.347 e. The van der Waals surface area contributed by atoms with Crippen molar-refractivity contribution in [1.82, 2.24) is 25.8 Å². The zero-order chi connectivity index (χ0) is 13.8. The van der Waals surface area contributed by atoms with Crippen molar-refractivity contribution >= 4 is 11.8 Å². The number of hydrogen-bond acceptors (Lipinski definition) is 4. The van der Waals surface area contributed by atoms with E-state index in [9.17, 15) is 9.59 Å². The summed E-state index contributed by atoms with van der Waals surface area (Å²) in [5.41, 5.74) is -0.503. The summed E-state index contributed by atoms with van der Waals surface area (Å²) in [5.74, 6) is 0.145. The van der Waals surface area contributed by atoms with Gasteiger partial charge < -0.3 is 10.6 Å². The molecular formula is C11H19N5O2. The Morgan fingerprint density at radius 1 is 1.44 bits per heavy atom. The largest absolute Gasteiger partial charge is 0.347 e. The van der Waals surface area contributed by atoms with Crippen molar-refractivity contribution in [2.75, 3.05) is 6.54 Å². The lowest BCUT2D eigenvalue weighted by molar-refractivity contribution is -0.131. The SMILES string of the molecule is CC(NC(=O)CNC(=O)C(C)(C)C)c1ncn[nH]1. The third-order valence-electron chi connectivity index (χ3n) is 2.31. The molecule has 7 nitrogen and oxygen atoms in total. The Labute approximate surface area is 106 Å². The first-order chi connectivity index (χ1) is 8.30. The number of nitrogens with one attached hydrogen (secondary N) is 3. The third-order valence-corrected chi connectivity index (χ3v) is 2.31. The molecule has 0 aliphatic rings. The van der Waals surface area contributed by atoms with Crippen LogP contribution in [0.2, 0.25) is 0 Å². The minimum atomic E-state index is -0.503. The van der Waals surface area contributed by atoms with Gasteiger partial charge in [0, 0.05) is 5.41 Å². The number of amides is 2. The highest BCUT2D eigenvalue weighted by Gasteiger charge is 2.21. The zero-order valence-corrected chi connectivity index (χ0v) is 11.1. The van der Waals surface area contributed by atoms with E-state index in [1.807, 2.05) is 0 Å². The maximum Gasteiger partial charge on any atom is 0.239 e. The fraction of sp³-hybridized carbons (Fsp3) is 0.636. The van der Waals surface area contributed by atoms with Gasteiger partial charge in [-0.2, -0.15) is 5.10 Å². The Balaban J connectivity index is 2.37. The molecule has 0 radical (unpaired) electrons. The quantitative estimate of drug-likeness (QED) is 0.710. The first-order valence-electron chi connectivity index (χ1n) is 5.73. The highest BCUT2D eigenvalue weighted by Crippen LogP contribution is 2.12.